The molecule has 9 aromatic rings. The molecule has 1 unspecified atom stereocenters. The normalized spacial score (nSPS) is 13.4. The molecule has 0 saturated heterocycles. The Labute approximate surface area is 292 Å². The summed E-state index contributed by atoms with van der Waals surface area (Å²) in [7, 11) is 0. The molecule has 10 rings (SSSR count). The summed E-state index contributed by atoms with van der Waals surface area (Å²) in [6, 6.07) is 71.0. The molecule has 0 amide bonds. The van der Waals surface area contributed by atoms with Crippen LogP contribution in [-0.2, 0) is 0 Å². The van der Waals surface area contributed by atoms with E-state index in [0.29, 0.717) is 0 Å². The van der Waals surface area contributed by atoms with Crippen LogP contribution < -0.4 is 4.90 Å². The van der Waals surface area contributed by atoms with Crippen molar-refractivity contribution in [1.29, 1.82) is 0 Å². The second-order valence-corrected chi connectivity index (χ2v) is 13.2. The maximum atomic E-state index is 2.40. The summed E-state index contributed by atoms with van der Waals surface area (Å²) in [5, 5.41) is 8.08. The van der Waals surface area contributed by atoms with Gasteiger partial charge in [-0.15, -0.1) is 0 Å². The lowest BCUT2D eigenvalue weighted by Gasteiger charge is -2.26. The van der Waals surface area contributed by atoms with Crippen molar-refractivity contribution in [3.8, 4) is 22.3 Å². The number of hydrogen-bond acceptors (Lipinski definition) is 1. The van der Waals surface area contributed by atoms with Crippen molar-refractivity contribution in [2.45, 2.75) is 5.92 Å². The van der Waals surface area contributed by atoms with E-state index in [4.69, 9.17) is 0 Å². The van der Waals surface area contributed by atoms with Crippen LogP contribution in [0.4, 0.5) is 17.1 Å². The van der Waals surface area contributed by atoms with Gasteiger partial charge >= 0.3 is 0 Å². The largest absolute Gasteiger partial charge is 0.310 e. The Balaban J connectivity index is 1.16. The second kappa shape index (κ2) is 11.6. The number of benzene rings is 9. The Morgan fingerprint density at radius 3 is 1.50 bits per heavy atom. The zero-order valence-electron chi connectivity index (χ0n) is 27.5. The van der Waals surface area contributed by atoms with E-state index in [9.17, 15) is 0 Å². The van der Waals surface area contributed by atoms with Crippen molar-refractivity contribution in [3.63, 3.8) is 0 Å². The maximum Gasteiger partial charge on any atom is 0.0467 e. The lowest BCUT2D eigenvalue weighted by Crippen LogP contribution is -2.09. The van der Waals surface area contributed by atoms with Gasteiger partial charge in [-0.2, -0.15) is 0 Å². The molecule has 1 nitrogen and oxygen atoms in total. The van der Waals surface area contributed by atoms with Crippen LogP contribution in [0.2, 0.25) is 0 Å². The van der Waals surface area contributed by atoms with Gasteiger partial charge in [-0.25, -0.2) is 0 Å². The summed E-state index contributed by atoms with van der Waals surface area (Å²) in [5.41, 5.74) is 12.5. The van der Waals surface area contributed by atoms with E-state index in [0.717, 1.165) is 17.1 Å². The molecule has 0 N–H and O–H groups in total. The molecule has 0 saturated carbocycles. The van der Waals surface area contributed by atoms with Gasteiger partial charge in [0.1, 0.15) is 0 Å². The third-order valence-corrected chi connectivity index (χ3v) is 10.5. The minimum atomic E-state index is 0.127. The summed E-state index contributed by atoms with van der Waals surface area (Å²) in [6.07, 6.45) is 0. The fourth-order valence-electron chi connectivity index (χ4n) is 8.37. The molecule has 1 atom stereocenters. The highest BCUT2D eigenvalue weighted by atomic mass is 15.1. The molecule has 0 bridgehead atoms. The number of hydrogen-bond donors (Lipinski definition) is 0. The van der Waals surface area contributed by atoms with Crippen LogP contribution in [0.5, 0.6) is 0 Å². The van der Waals surface area contributed by atoms with Crippen LogP contribution in [0.15, 0.2) is 194 Å². The van der Waals surface area contributed by atoms with E-state index < -0.39 is 0 Å². The molecule has 0 aliphatic heterocycles. The fourth-order valence-corrected chi connectivity index (χ4v) is 8.37. The molecule has 0 fully saturated rings. The minimum Gasteiger partial charge on any atom is -0.310 e. The molecule has 234 valence electrons. The van der Waals surface area contributed by atoms with Gasteiger partial charge in [0.2, 0.25) is 0 Å². The van der Waals surface area contributed by atoms with Crippen molar-refractivity contribution in [2.24, 2.45) is 0 Å². The van der Waals surface area contributed by atoms with Gasteiger partial charge in [-0.05, 0) is 114 Å². The molecule has 0 heterocycles. The Bertz CT molecular complexity index is 2660. The van der Waals surface area contributed by atoms with Crippen molar-refractivity contribution in [1.82, 2.24) is 0 Å². The van der Waals surface area contributed by atoms with E-state index in [1.165, 1.54) is 71.3 Å². The molecule has 9 aromatic carbocycles. The first-order valence-corrected chi connectivity index (χ1v) is 17.4. The Morgan fingerprint density at radius 1 is 0.300 bits per heavy atom. The smallest absolute Gasteiger partial charge is 0.0467 e. The van der Waals surface area contributed by atoms with Gasteiger partial charge in [-0.1, -0.05) is 152 Å². The second-order valence-electron chi connectivity index (χ2n) is 13.2. The first kappa shape index (κ1) is 28.6. The summed E-state index contributed by atoms with van der Waals surface area (Å²) in [5.74, 6) is 0.127. The molecule has 0 aromatic heterocycles. The van der Waals surface area contributed by atoms with E-state index >= 15 is 0 Å². The van der Waals surface area contributed by atoms with Crippen molar-refractivity contribution in [3.05, 3.63) is 211 Å². The van der Waals surface area contributed by atoms with Crippen LogP contribution in [0.3, 0.4) is 0 Å². The Morgan fingerprint density at radius 2 is 0.820 bits per heavy atom. The number of rotatable bonds is 6. The summed E-state index contributed by atoms with van der Waals surface area (Å²) in [4.78, 5) is 2.34. The predicted octanol–water partition coefficient (Wildman–Crippen LogP) is 13.4. The van der Waals surface area contributed by atoms with Crippen LogP contribution in [0.1, 0.15) is 22.6 Å². The van der Waals surface area contributed by atoms with Gasteiger partial charge in [0.15, 0.2) is 0 Å². The zero-order chi connectivity index (χ0) is 33.0. The number of para-hydroxylation sites is 2. The summed E-state index contributed by atoms with van der Waals surface area (Å²) < 4.78 is 0. The van der Waals surface area contributed by atoms with E-state index in [2.05, 4.69) is 199 Å². The SMILES string of the molecule is c1ccc(-c2ccc3c(c2)c2cccc4c2c2c(cccc32)C4c2ccccc2-c2cccc(N(c3ccccc3)c3ccccc3)c2)cc1. The molecular weight excluding hydrogens is 603 g/mol. The van der Waals surface area contributed by atoms with Gasteiger partial charge in [0.25, 0.3) is 0 Å². The number of nitrogens with zero attached hydrogens (tertiary/aromatic N) is 1. The van der Waals surface area contributed by atoms with Gasteiger partial charge in [-0.3, -0.25) is 0 Å². The van der Waals surface area contributed by atoms with Crippen molar-refractivity contribution < 1.29 is 0 Å². The van der Waals surface area contributed by atoms with Crippen LogP contribution in [0.25, 0.3) is 54.6 Å². The highest BCUT2D eigenvalue weighted by Gasteiger charge is 2.31. The minimum absolute atomic E-state index is 0.127. The molecule has 0 radical (unpaired) electrons. The lowest BCUT2D eigenvalue weighted by molar-refractivity contribution is 1.02. The highest BCUT2D eigenvalue weighted by Crippen LogP contribution is 2.52. The topological polar surface area (TPSA) is 3.24 Å². The molecule has 50 heavy (non-hydrogen) atoms. The monoisotopic (exact) mass is 635 g/mol. The first-order chi connectivity index (χ1) is 24.8. The molecular formula is C49H33N. The van der Waals surface area contributed by atoms with Crippen LogP contribution in [0, 0.1) is 0 Å². The molecule has 1 heteroatoms. The van der Waals surface area contributed by atoms with Crippen molar-refractivity contribution >= 4 is 49.4 Å². The highest BCUT2D eigenvalue weighted by molar-refractivity contribution is 6.29. The number of fused-ring (bicyclic) bond motifs is 3. The third kappa shape index (κ3) is 4.48. The Kier molecular flexibility index (Phi) is 6.63. The van der Waals surface area contributed by atoms with E-state index in [1.54, 1.807) is 0 Å². The third-order valence-electron chi connectivity index (χ3n) is 10.5. The fraction of sp³-hybridized carbons (Fsp3) is 0.0204. The average molecular weight is 636 g/mol. The summed E-state index contributed by atoms with van der Waals surface area (Å²) >= 11 is 0. The summed E-state index contributed by atoms with van der Waals surface area (Å²) in [6.45, 7) is 0. The lowest BCUT2D eigenvalue weighted by atomic mass is 9.84. The standard InChI is InChI=1S/C49H33N/c1-4-15-33(16-5-1)34-29-30-40-42-25-13-27-44-47(45-28-14-26-43(46(40)32-34)49(45)48(42)44)41-24-11-10-23-39(41)35-17-12-22-38(31-35)50(36-18-6-2-7-19-36)37-20-8-3-9-21-37/h1-32,47H. The molecule has 1 aliphatic rings. The first-order valence-electron chi connectivity index (χ1n) is 17.4. The van der Waals surface area contributed by atoms with Crippen LogP contribution in [-0.4, -0.2) is 0 Å². The predicted molar refractivity (Wildman–Crippen MR) is 212 cm³/mol. The maximum absolute atomic E-state index is 2.40. The van der Waals surface area contributed by atoms with Crippen molar-refractivity contribution in [2.75, 3.05) is 4.90 Å². The van der Waals surface area contributed by atoms with Gasteiger partial charge in [0, 0.05) is 23.0 Å². The van der Waals surface area contributed by atoms with Gasteiger partial charge < -0.3 is 4.90 Å². The van der Waals surface area contributed by atoms with Gasteiger partial charge in [0.05, 0.1) is 0 Å². The zero-order valence-corrected chi connectivity index (χ0v) is 27.5. The molecule has 1 aliphatic carbocycles. The molecule has 0 spiro atoms. The van der Waals surface area contributed by atoms with E-state index in [-0.39, 0.29) is 5.92 Å². The Hall–Kier alpha value is -6.44. The van der Waals surface area contributed by atoms with Crippen LogP contribution >= 0.6 is 0 Å². The average Bonchev–Trinajstić information content (AvgIpc) is 3.54. The quantitative estimate of drug-likeness (QED) is 0.164. The van der Waals surface area contributed by atoms with E-state index in [1.807, 2.05) is 0 Å². The number of anilines is 3.